The SMILES string of the molecule is Cc1cc(-c2cc(Oc3cncc(C(C)(F)F)c3)ccn2)ccc1C(N)=O. The third kappa shape index (κ3) is 4.25. The van der Waals surface area contributed by atoms with Crippen molar-refractivity contribution in [2.75, 3.05) is 0 Å². The lowest BCUT2D eigenvalue weighted by Gasteiger charge is -2.12. The van der Waals surface area contributed by atoms with Gasteiger partial charge >= 0.3 is 0 Å². The molecule has 1 amide bonds. The fourth-order valence-electron chi connectivity index (χ4n) is 2.58. The minimum atomic E-state index is -3.00. The molecule has 0 aliphatic carbocycles. The molecule has 2 heterocycles. The number of aryl methyl sites for hydroxylation is 1. The van der Waals surface area contributed by atoms with Gasteiger partial charge < -0.3 is 10.5 Å². The molecule has 0 aliphatic heterocycles. The molecule has 0 spiro atoms. The van der Waals surface area contributed by atoms with Gasteiger partial charge in [0.05, 0.1) is 11.9 Å². The molecule has 2 aromatic heterocycles. The van der Waals surface area contributed by atoms with Crippen molar-refractivity contribution < 1.29 is 18.3 Å². The molecule has 0 saturated heterocycles. The first-order valence-corrected chi connectivity index (χ1v) is 8.12. The second-order valence-corrected chi connectivity index (χ2v) is 6.17. The highest BCUT2D eigenvalue weighted by molar-refractivity contribution is 5.94. The third-order valence-electron chi connectivity index (χ3n) is 3.97. The van der Waals surface area contributed by atoms with Gasteiger partial charge in [0.25, 0.3) is 5.92 Å². The summed E-state index contributed by atoms with van der Waals surface area (Å²) in [6.45, 7) is 2.59. The Balaban J connectivity index is 1.89. The van der Waals surface area contributed by atoms with Gasteiger partial charge in [-0.15, -0.1) is 0 Å². The number of pyridine rings is 2. The standard InChI is InChI=1S/C20H17F2N3O2/c1-12-7-13(3-4-17(12)19(23)26)18-9-15(5-6-25-18)27-16-8-14(10-24-11-16)20(2,21)22/h3-11H,1-2H3,(H2,23,26). The Morgan fingerprint density at radius 2 is 1.89 bits per heavy atom. The van der Waals surface area contributed by atoms with Crippen LogP contribution in [0.1, 0.15) is 28.4 Å². The van der Waals surface area contributed by atoms with E-state index in [4.69, 9.17) is 10.5 Å². The number of nitrogens with zero attached hydrogens (tertiary/aromatic N) is 2. The lowest BCUT2D eigenvalue weighted by molar-refractivity contribution is 0.0169. The zero-order chi connectivity index (χ0) is 19.6. The molecule has 0 saturated carbocycles. The Hall–Kier alpha value is -3.35. The fourth-order valence-corrected chi connectivity index (χ4v) is 2.58. The van der Waals surface area contributed by atoms with Gasteiger partial charge in [0.15, 0.2) is 0 Å². The largest absolute Gasteiger partial charge is 0.456 e. The summed E-state index contributed by atoms with van der Waals surface area (Å²) in [5.41, 5.74) is 7.64. The molecule has 2 N–H and O–H groups in total. The van der Waals surface area contributed by atoms with E-state index >= 15 is 0 Å². The number of hydrogen-bond donors (Lipinski definition) is 1. The van der Waals surface area contributed by atoms with Crippen LogP contribution in [0.4, 0.5) is 8.78 Å². The van der Waals surface area contributed by atoms with Crippen LogP contribution in [0.15, 0.2) is 55.0 Å². The van der Waals surface area contributed by atoms with Gasteiger partial charge in [0, 0.05) is 42.1 Å². The maximum atomic E-state index is 13.4. The van der Waals surface area contributed by atoms with Crippen LogP contribution < -0.4 is 10.5 Å². The van der Waals surface area contributed by atoms with Crippen LogP contribution >= 0.6 is 0 Å². The number of alkyl halides is 2. The summed E-state index contributed by atoms with van der Waals surface area (Å²) in [4.78, 5) is 19.4. The van der Waals surface area contributed by atoms with E-state index in [9.17, 15) is 13.6 Å². The van der Waals surface area contributed by atoms with Gasteiger partial charge in [-0.3, -0.25) is 14.8 Å². The number of amides is 1. The summed E-state index contributed by atoms with van der Waals surface area (Å²) in [7, 11) is 0. The quantitative estimate of drug-likeness (QED) is 0.720. The smallest absolute Gasteiger partial charge is 0.272 e. The summed E-state index contributed by atoms with van der Waals surface area (Å²) >= 11 is 0. The maximum Gasteiger partial charge on any atom is 0.272 e. The highest BCUT2D eigenvalue weighted by Crippen LogP contribution is 2.31. The second kappa shape index (κ2) is 7.11. The molecule has 0 aliphatic rings. The van der Waals surface area contributed by atoms with Crippen molar-refractivity contribution in [1.29, 1.82) is 0 Å². The first-order chi connectivity index (χ1) is 12.7. The van der Waals surface area contributed by atoms with Crippen LogP contribution in [0.25, 0.3) is 11.3 Å². The molecule has 138 valence electrons. The topological polar surface area (TPSA) is 78.1 Å². The summed E-state index contributed by atoms with van der Waals surface area (Å²) in [6.07, 6.45) is 4.02. The third-order valence-corrected chi connectivity index (χ3v) is 3.97. The zero-order valence-electron chi connectivity index (χ0n) is 14.7. The number of aromatic nitrogens is 2. The average Bonchev–Trinajstić information content (AvgIpc) is 2.61. The molecule has 0 atom stereocenters. The van der Waals surface area contributed by atoms with Gasteiger partial charge in [-0.05, 0) is 36.8 Å². The summed E-state index contributed by atoms with van der Waals surface area (Å²) in [6, 6.07) is 9.71. The Labute approximate surface area is 154 Å². The highest BCUT2D eigenvalue weighted by Gasteiger charge is 2.25. The number of halogens is 2. The Bertz CT molecular complexity index is 1000. The molecule has 5 nitrogen and oxygen atoms in total. The number of benzene rings is 1. The van der Waals surface area contributed by atoms with Crippen LogP contribution in [0.5, 0.6) is 11.5 Å². The van der Waals surface area contributed by atoms with E-state index in [0.29, 0.717) is 17.0 Å². The van der Waals surface area contributed by atoms with E-state index in [2.05, 4.69) is 9.97 Å². The normalized spacial score (nSPS) is 11.3. The van der Waals surface area contributed by atoms with Crippen LogP contribution in [-0.2, 0) is 5.92 Å². The Kier molecular flexibility index (Phi) is 4.85. The Morgan fingerprint density at radius 3 is 2.56 bits per heavy atom. The van der Waals surface area contributed by atoms with Gasteiger partial charge in [0.1, 0.15) is 11.5 Å². The van der Waals surface area contributed by atoms with Crippen molar-refractivity contribution >= 4 is 5.91 Å². The molecule has 3 aromatic rings. The molecule has 0 unspecified atom stereocenters. The van der Waals surface area contributed by atoms with E-state index in [1.807, 2.05) is 0 Å². The molecule has 27 heavy (non-hydrogen) atoms. The maximum absolute atomic E-state index is 13.4. The summed E-state index contributed by atoms with van der Waals surface area (Å²) in [5, 5.41) is 0. The van der Waals surface area contributed by atoms with E-state index in [-0.39, 0.29) is 11.3 Å². The monoisotopic (exact) mass is 369 g/mol. The molecule has 0 bridgehead atoms. The fraction of sp³-hybridized carbons (Fsp3) is 0.150. The van der Waals surface area contributed by atoms with Gasteiger partial charge in [0.2, 0.25) is 5.91 Å². The molecule has 7 heteroatoms. The molecular formula is C20H17F2N3O2. The number of ether oxygens (including phenoxy) is 1. The molecular weight excluding hydrogens is 352 g/mol. The van der Waals surface area contributed by atoms with Gasteiger partial charge in [-0.2, -0.15) is 0 Å². The minimum Gasteiger partial charge on any atom is -0.456 e. The van der Waals surface area contributed by atoms with Crippen molar-refractivity contribution in [2.24, 2.45) is 5.73 Å². The van der Waals surface area contributed by atoms with Gasteiger partial charge in [-0.25, -0.2) is 8.78 Å². The number of primary amides is 1. The number of hydrogen-bond acceptors (Lipinski definition) is 4. The second-order valence-electron chi connectivity index (χ2n) is 6.17. The molecule has 0 fully saturated rings. The van der Waals surface area contributed by atoms with E-state index < -0.39 is 11.8 Å². The van der Waals surface area contributed by atoms with Crippen molar-refractivity contribution in [2.45, 2.75) is 19.8 Å². The molecule has 1 aromatic carbocycles. The van der Waals surface area contributed by atoms with Crippen LogP contribution in [0, 0.1) is 6.92 Å². The lowest BCUT2D eigenvalue weighted by Crippen LogP contribution is -2.12. The zero-order valence-corrected chi connectivity index (χ0v) is 14.7. The van der Waals surface area contributed by atoms with Gasteiger partial charge in [-0.1, -0.05) is 6.07 Å². The number of nitrogens with two attached hydrogens (primary N) is 1. The van der Waals surface area contributed by atoms with Crippen LogP contribution in [0.2, 0.25) is 0 Å². The first-order valence-electron chi connectivity index (χ1n) is 8.12. The van der Waals surface area contributed by atoms with E-state index in [1.54, 1.807) is 43.5 Å². The predicted molar refractivity (Wildman–Crippen MR) is 96.8 cm³/mol. The number of carbonyl (C=O) groups excluding carboxylic acids is 1. The average molecular weight is 369 g/mol. The summed E-state index contributed by atoms with van der Waals surface area (Å²) in [5.74, 6) is -2.87. The molecule has 3 rings (SSSR count). The minimum absolute atomic E-state index is 0.200. The first kappa shape index (κ1) is 18.4. The lowest BCUT2D eigenvalue weighted by atomic mass is 10.0. The number of rotatable bonds is 5. The van der Waals surface area contributed by atoms with E-state index in [1.165, 1.54) is 12.3 Å². The number of carbonyl (C=O) groups is 1. The van der Waals surface area contributed by atoms with Crippen molar-refractivity contribution in [3.05, 3.63) is 71.7 Å². The van der Waals surface area contributed by atoms with Crippen molar-refractivity contribution in [3.63, 3.8) is 0 Å². The predicted octanol–water partition coefficient (Wildman–Crippen LogP) is 4.45. The van der Waals surface area contributed by atoms with Crippen LogP contribution in [-0.4, -0.2) is 15.9 Å². The highest BCUT2D eigenvalue weighted by atomic mass is 19.3. The molecule has 0 radical (unpaired) electrons. The van der Waals surface area contributed by atoms with Crippen LogP contribution in [0.3, 0.4) is 0 Å². The summed E-state index contributed by atoms with van der Waals surface area (Å²) < 4.78 is 32.6. The Morgan fingerprint density at radius 1 is 1.11 bits per heavy atom. The van der Waals surface area contributed by atoms with E-state index in [0.717, 1.165) is 24.2 Å². The van der Waals surface area contributed by atoms with Crippen molar-refractivity contribution in [3.8, 4) is 22.8 Å². The van der Waals surface area contributed by atoms with Crippen molar-refractivity contribution in [1.82, 2.24) is 9.97 Å².